The van der Waals surface area contributed by atoms with Crippen LogP contribution in [0.4, 0.5) is 10.8 Å². The molecule has 1 aliphatic heterocycles. The Bertz CT molecular complexity index is 913. The number of benzene rings is 1. The Hall–Kier alpha value is -2.04. The number of para-hydroxylation sites is 1. The molecule has 0 unspecified atom stereocenters. The van der Waals surface area contributed by atoms with E-state index in [0.29, 0.717) is 19.0 Å². The number of nitrogens with one attached hydrogen (secondary N) is 2. The average molecular weight is 410 g/mol. The molecule has 0 spiro atoms. The van der Waals surface area contributed by atoms with Gasteiger partial charge >= 0.3 is 0 Å². The summed E-state index contributed by atoms with van der Waals surface area (Å²) in [6, 6.07) is 8.72. The fourth-order valence-corrected chi connectivity index (χ4v) is 5.10. The number of anilines is 2. The first-order valence-corrected chi connectivity index (χ1v) is 11.2. The minimum atomic E-state index is -3.73. The second-order valence-electron chi connectivity index (χ2n) is 6.40. The highest BCUT2D eigenvalue weighted by atomic mass is 32.2. The van der Waals surface area contributed by atoms with Gasteiger partial charge in [-0.2, -0.15) is 0 Å². The number of amides is 1. The number of aromatic nitrogens is 2. The molecule has 146 valence electrons. The zero-order valence-corrected chi connectivity index (χ0v) is 16.9. The van der Waals surface area contributed by atoms with Gasteiger partial charge < -0.3 is 10.2 Å². The van der Waals surface area contributed by atoms with Gasteiger partial charge in [0.25, 0.3) is 10.0 Å². The molecule has 2 heterocycles. The molecular weight excluding hydrogens is 386 g/mol. The molecule has 0 aliphatic carbocycles. The number of carbonyl (C=O) groups is 1. The van der Waals surface area contributed by atoms with Crippen LogP contribution in [0.1, 0.15) is 32.3 Å². The predicted molar refractivity (Wildman–Crippen MR) is 106 cm³/mol. The van der Waals surface area contributed by atoms with E-state index in [1.807, 2.05) is 12.1 Å². The normalized spacial score (nSPS) is 16.4. The number of fused-ring (bicyclic) bond motifs is 1. The van der Waals surface area contributed by atoms with E-state index in [0.717, 1.165) is 24.3 Å². The molecule has 2 aromatic rings. The fraction of sp³-hybridized carbons (Fsp3) is 0.471. The zero-order chi connectivity index (χ0) is 19.4. The van der Waals surface area contributed by atoms with Gasteiger partial charge in [0.15, 0.2) is 0 Å². The highest BCUT2D eigenvalue weighted by Gasteiger charge is 2.25. The molecule has 0 saturated heterocycles. The first-order valence-electron chi connectivity index (χ1n) is 8.88. The second kappa shape index (κ2) is 8.32. The quantitative estimate of drug-likeness (QED) is 0.510. The Morgan fingerprint density at radius 1 is 1.33 bits per heavy atom. The Kier molecular flexibility index (Phi) is 6.08. The van der Waals surface area contributed by atoms with Gasteiger partial charge in [0.2, 0.25) is 15.4 Å². The highest BCUT2D eigenvalue weighted by molar-refractivity contribution is 7.91. The third kappa shape index (κ3) is 4.63. The number of hydrogen-bond acceptors (Lipinski definition) is 7. The molecule has 1 aromatic carbocycles. The lowest BCUT2D eigenvalue weighted by Gasteiger charge is -2.24. The van der Waals surface area contributed by atoms with E-state index < -0.39 is 10.0 Å². The maximum Gasteiger partial charge on any atom is 0.269 e. The van der Waals surface area contributed by atoms with Crippen LogP contribution in [0.5, 0.6) is 0 Å². The van der Waals surface area contributed by atoms with Crippen molar-refractivity contribution >= 4 is 38.1 Å². The van der Waals surface area contributed by atoms with Crippen molar-refractivity contribution in [2.45, 2.75) is 43.5 Å². The Labute approximate surface area is 163 Å². The van der Waals surface area contributed by atoms with Gasteiger partial charge in [0.1, 0.15) is 0 Å². The van der Waals surface area contributed by atoms with Gasteiger partial charge in [-0.1, -0.05) is 36.5 Å². The first kappa shape index (κ1) is 19.7. The number of hydrogen-bond donors (Lipinski definition) is 2. The van der Waals surface area contributed by atoms with Gasteiger partial charge in [-0.25, -0.2) is 13.1 Å². The van der Waals surface area contributed by atoms with Crippen LogP contribution >= 0.6 is 11.3 Å². The second-order valence-corrected chi connectivity index (χ2v) is 9.32. The Balaban J connectivity index is 1.52. The van der Waals surface area contributed by atoms with Crippen LogP contribution in [-0.4, -0.2) is 43.7 Å². The van der Waals surface area contributed by atoms with Crippen LogP contribution in [-0.2, 0) is 21.2 Å². The summed E-state index contributed by atoms with van der Waals surface area (Å²) in [6.07, 6.45) is 1.98. The van der Waals surface area contributed by atoms with Crippen LogP contribution in [0.25, 0.3) is 0 Å². The molecule has 27 heavy (non-hydrogen) atoms. The molecular formula is C17H23N5O3S2. The van der Waals surface area contributed by atoms with Gasteiger partial charge in [-0.05, 0) is 31.4 Å². The maximum absolute atomic E-state index is 12.3. The monoisotopic (exact) mass is 409 g/mol. The molecule has 1 amide bonds. The van der Waals surface area contributed by atoms with Crippen LogP contribution in [0.15, 0.2) is 28.6 Å². The molecule has 3 rings (SSSR count). The van der Waals surface area contributed by atoms with Crippen molar-refractivity contribution in [1.29, 1.82) is 0 Å². The maximum atomic E-state index is 12.3. The third-order valence-corrected chi connectivity index (χ3v) is 7.09. The largest absolute Gasteiger partial charge is 0.368 e. The average Bonchev–Trinajstić information content (AvgIpc) is 3.23. The van der Waals surface area contributed by atoms with E-state index in [2.05, 4.69) is 44.2 Å². The summed E-state index contributed by atoms with van der Waals surface area (Å²) < 4.78 is 27.1. The highest BCUT2D eigenvalue weighted by Crippen LogP contribution is 2.31. The number of nitrogens with zero attached hydrogens (tertiary/aromatic N) is 3. The van der Waals surface area contributed by atoms with Gasteiger partial charge in [0.05, 0.1) is 0 Å². The van der Waals surface area contributed by atoms with Crippen molar-refractivity contribution in [3.63, 3.8) is 0 Å². The van der Waals surface area contributed by atoms with E-state index in [9.17, 15) is 13.2 Å². The van der Waals surface area contributed by atoms with E-state index in [1.165, 1.54) is 11.3 Å². The lowest BCUT2D eigenvalue weighted by Crippen LogP contribution is -2.33. The van der Waals surface area contributed by atoms with Gasteiger partial charge in [0, 0.05) is 31.2 Å². The Morgan fingerprint density at radius 3 is 2.89 bits per heavy atom. The van der Waals surface area contributed by atoms with Crippen LogP contribution < -0.4 is 14.9 Å². The zero-order valence-electron chi connectivity index (χ0n) is 15.3. The fourth-order valence-electron chi connectivity index (χ4n) is 3.06. The van der Waals surface area contributed by atoms with E-state index >= 15 is 0 Å². The SMILES string of the molecule is CCC(=O)Nc1nnc(S(=O)(=O)NCCCN2c3ccccc3C[C@H]2C)s1. The van der Waals surface area contributed by atoms with Crippen molar-refractivity contribution in [3.05, 3.63) is 29.8 Å². The van der Waals surface area contributed by atoms with Crippen molar-refractivity contribution < 1.29 is 13.2 Å². The van der Waals surface area contributed by atoms with Crippen molar-refractivity contribution in [2.75, 3.05) is 23.3 Å². The van der Waals surface area contributed by atoms with Crippen LogP contribution in [0.2, 0.25) is 0 Å². The summed E-state index contributed by atoms with van der Waals surface area (Å²) >= 11 is 0.843. The number of sulfonamides is 1. The molecule has 10 heteroatoms. The summed E-state index contributed by atoms with van der Waals surface area (Å²) in [5.74, 6) is -0.233. The van der Waals surface area contributed by atoms with Gasteiger partial charge in [-0.15, -0.1) is 10.2 Å². The number of carbonyl (C=O) groups excluding carboxylic acids is 1. The predicted octanol–water partition coefficient (Wildman–Crippen LogP) is 2.01. The molecule has 0 bridgehead atoms. The third-order valence-electron chi connectivity index (χ3n) is 4.42. The van der Waals surface area contributed by atoms with Crippen LogP contribution in [0.3, 0.4) is 0 Å². The van der Waals surface area contributed by atoms with E-state index in [1.54, 1.807) is 6.92 Å². The Morgan fingerprint density at radius 2 is 2.11 bits per heavy atom. The summed E-state index contributed by atoms with van der Waals surface area (Å²) in [5, 5.41) is 10.1. The molecule has 1 aliphatic rings. The van der Waals surface area contributed by atoms with E-state index in [-0.39, 0.29) is 21.8 Å². The standard InChI is InChI=1S/C17H23N5O3S2/c1-3-15(23)19-16-20-21-17(26-16)27(24,25)18-9-6-10-22-12(2)11-13-7-4-5-8-14(13)22/h4-5,7-8,12,18H,3,6,9-11H2,1-2H3,(H,19,20,23)/t12-/m1/s1. The summed E-state index contributed by atoms with van der Waals surface area (Å²) in [5.41, 5.74) is 2.56. The minimum Gasteiger partial charge on any atom is -0.368 e. The molecule has 8 nitrogen and oxygen atoms in total. The molecule has 0 radical (unpaired) electrons. The van der Waals surface area contributed by atoms with Gasteiger partial charge in [-0.3, -0.25) is 4.79 Å². The van der Waals surface area contributed by atoms with Crippen molar-refractivity contribution in [2.24, 2.45) is 0 Å². The summed E-state index contributed by atoms with van der Waals surface area (Å²) in [4.78, 5) is 13.7. The molecule has 0 saturated carbocycles. The lowest BCUT2D eigenvalue weighted by molar-refractivity contribution is -0.115. The van der Waals surface area contributed by atoms with Crippen molar-refractivity contribution in [3.8, 4) is 0 Å². The lowest BCUT2D eigenvalue weighted by atomic mass is 10.1. The smallest absolute Gasteiger partial charge is 0.269 e. The molecule has 2 N–H and O–H groups in total. The molecule has 0 fully saturated rings. The van der Waals surface area contributed by atoms with E-state index in [4.69, 9.17) is 0 Å². The van der Waals surface area contributed by atoms with Crippen molar-refractivity contribution in [1.82, 2.24) is 14.9 Å². The summed E-state index contributed by atoms with van der Waals surface area (Å²) in [6.45, 7) is 4.96. The number of rotatable bonds is 8. The first-order chi connectivity index (χ1) is 12.9. The van der Waals surface area contributed by atoms with Crippen LogP contribution in [0, 0.1) is 0 Å². The molecule has 1 aromatic heterocycles. The topological polar surface area (TPSA) is 104 Å². The molecule has 1 atom stereocenters. The minimum absolute atomic E-state index is 0.145. The summed E-state index contributed by atoms with van der Waals surface area (Å²) in [7, 11) is -3.73.